The van der Waals surface area contributed by atoms with Gasteiger partial charge in [-0.15, -0.1) is 0 Å². The third-order valence-electron chi connectivity index (χ3n) is 5.89. The molecule has 1 spiro atoms. The van der Waals surface area contributed by atoms with E-state index in [4.69, 9.17) is 29.3 Å². The number of pyridine rings is 2. The SMILES string of the molecule is O=C(O)C(F)(F)F.O=C(O)C(F)(F)F.O=C(c1ccncc1)N1CCO[C@]2(CCC[C@@H]2COc2cccnc2)C1. The maximum absolute atomic E-state index is 12.8. The van der Waals surface area contributed by atoms with Crippen LogP contribution in [0.25, 0.3) is 0 Å². The standard InChI is InChI=1S/C20H23N3O3.2C2HF3O2/c24-19(16-5-9-21-10-6-16)23-11-12-26-20(15-23)7-1-3-17(20)14-25-18-4-2-8-22-13-18;2*3-2(4,5)1(6)7/h2,4-6,8-10,13,17H,1,3,7,11-12,14-15H2;2*(H,6,7)/t17-,20-;;/m1../s1. The van der Waals surface area contributed by atoms with Gasteiger partial charge in [0.25, 0.3) is 5.91 Å². The molecular formula is C24H25F6N3O7. The van der Waals surface area contributed by atoms with Gasteiger partial charge in [-0.05, 0) is 43.5 Å². The summed E-state index contributed by atoms with van der Waals surface area (Å²) in [6.45, 7) is 2.40. The van der Waals surface area contributed by atoms with Gasteiger partial charge in [0.05, 0.1) is 31.6 Å². The minimum atomic E-state index is -5.08. The van der Waals surface area contributed by atoms with Crippen molar-refractivity contribution in [3.63, 3.8) is 0 Å². The fraction of sp³-hybridized carbons (Fsp3) is 0.458. The number of carbonyl (C=O) groups is 3. The molecule has 10 nitrogen and oxygen atoms in total. The highest BCUT2D eigenvalue weighted by Gasteiger charge is 2.48. The molecule has 1 aliphatic carbocycles. The summed E-state index contributed by atoms with van der Waals surface area (Å²) in [6, 6.07) is 7.31. The molecule has 16 heteroatoms. The van der Waals surface area contributed by atoms with Crippen molar-refractivity contribution in [3.05, 3.63) is 54.6 Å². The first-order valence-electron chi connectivity index (χ1n) is 11.6. The van der Waals surface area contributed by atoms with Gasteiger partial charge in [-0.2, -0.15) is 26.3 Å². The second kappa shape index (κ2) is 13.9. The Morgan fingerprint density at radius 1 is 1.00 bits per heavy atom. The molecule has 2 N–H and O–H groups in total. The van der Waals surface area contributed by atoms with Crippen molar-refractivity contribution in [2.75, 3.05) is 26.3 Å². The summed E-state index contributed by atoms with van der Waals surface area (Å²) in [5.74, 6) is -4.42. The quantitative estimate of drug-likeness (QED) is 0.516. The molecule has 2 aromatic heterocycles. The van der Waals surface area contributed by atoms with Crippen LogP contribution in [0.2, 0.25) is 0 Å². The summed E-state index contributed by atoms with van der Waals surface area (Å²) in [6.07, 6.45) is -0.281. The van der Waals surface area contributed by atoms with Crippen molar-refractivity contribution in [2.45, 2.75) is 37.2 Å². The van der Waals surface area contributed by atoms with E-state index in [0.717, 1.165) is 25.0 Å². The highest BCUT2D eigenvalue weighted by Crippen LogP contribution is 2.41. The van der Waals surface area contributed by atoms with Crippen LogP contribution in [0.5, 0.6) is 5.75 Å². The number of morpholine rings is 1. The number of carboxylic acid groups (broad SMARTS) is 2. The fourth-order valence-corrected chi connectivity index (χ4v) is 4.03. The Morgan fingerprint density at radius 2 is 1.60 bits per heavy atom. The van der Waals surface area contributed by atoms with E-state index in [1.165, 1.54) is 0 Å². The number of alkyl halides is 6. The molecule has 0 aromatic carbocycles. The zero-order valence-electron chi connectivity index (χ0n) is 20.7. The first-order chi connectivity index (χ1) is 18.7. The van der Waals surface area contributed by atoms with Crippen molar-refractivity contribution >= 4 is 17.8 Å². The van der Waals surface area contributed by atoms with E-state index in [9.17, 15) is 31.1 Å². The molecule has 2 atom stereocenters. The summed E-state index contributed by atoms with van der Waals surface area (Å²) < 4.78 is 75.7. The van der Waals surface area contributed by atoms with Crippen molar-refractivity contribution in [3.8, 4) is 5.75 Å². The lowest BCUT2D eigenvalue weighted by Crippen LogP contribution is -2.56. The van der Waals surface area contributed by atoms with Crippen molar-refractivity contribution in [2.24, 2.45) is 5.92 Å². The molecule has 0 bridgehead atoms. The molecule has 0 radical (unpaired) electrons. The Morgan fingerprint density at radius 3 is 2.12 bits per heavy atom. The topological polar surface area (TPSA) is 139 Å². The number of aromatic nitrogens is 2. The molecule has 2 aromatic rings. The van der Waals surface area contributed by atoms with Crippen LogP contribution in [0.15, 0.2) is 49.1 Å². The minimum Gasteiger partial charge on any atom is -0.492 e. The molecule has 3 heterocycles. The molecule has 40 heavy (non-hydrogen) atoms. The predicted octanol–water partition coefficient (Wildman–Crippen LogP) is 3.83. The minimum absolute atomic E-state index is 0.0499. The number of carboxylic acids is 2. The molecule has 2 aliphatic rings. The summed E-state index contributed by atoms with van der Waals surface area (Å²) in [5.41, 5.74) is 0.376. The van der Waals surface area contributed by atoms with Crippen LogP contribution >= 0.6 is 0 Å². The molecular weight excluding hydrogens is 556 g/mol. The highest BCUT2D eigenvalue weighted by molar-refractivity contribution is 5.94. The van der Waals surface area contributed by atoms with Crippen LogP contribution in [0, 0.1) is 5.92 Å². The predicted molar refractivity (Wildman–Crippen MR) is 123 cm³/mol. The van der Waals surface area contributed by atoms with Crippen molar-refractivity contribution in [1.82, 2.24) is 14.9 Å². The molecule has 0 unspecified atom stereocenters. The van der Waals surface area contributed by atoms with E-state index in [1.54, 1.807) is 36.9 Å². The summed E-state index contributed by atoms with van der Waals surface area (Å²) in [7, 11) is 0. The number of rotatable bonds is 4. The van der Waals surface area contributed by atoms with Crippen LogP contribution in [0.4, 0.5) is 26.3 Å². The van der Waals surface area contributed by atoms with E-state index in [0.29, 0.717) is 31.9 Å². The van der Waals surface area contributed by atoms with Gasteiger partial charge in [0.1, 0.15) is 5.75 Å². The average molecular weight is 581 g/mol. The largest absolute Gasteiger partial charge is 0.492 e. The van der Waals surface area contributed by atoms with E-state index < -0.39 is 24.3 Å². The maximum atomic E-state index is 12.8. The van der Waals surface area contributed by atoms with Gasteiger partial charge in [-0.25, -0.2) is 9.59 Å². The third-order valence-corrected chi connectivity index (χ3v) is 5.89. The summed E-state index contributed by atoms with van der Waals surface area (Å²) >= 11 is 0. The van der Waals surface area contributed by atoms with Crippen LogP contribution in [0.3, 0.4) is 0 Å². The highest BCUT2D eigenvalue weighted by atomic mass is 19.4. The second-order valence-corrected chi connectivity index (χ2v) is 8.57. The number of ether oxygens (including phenoxy) is 2. The van der Waals surface area contributed by atoms with E-state index in [2.05, 4.69) is 9.97 Å². The first-order valence-corrected chi connectivity index (χ1v) is 11.6. The smallest absolute Gasteiger partial charge is 0.490 e. The van der Waals surface area contributed by atoms with Crippen molar-refractivity contribution < 1.29 is 60.4 Å². The Labute approximate surface area is 223 Å². The first kappa shape index (κ1) is 32.3. The van der Waals surface area contributed by atoms with Crippen molar-refractivity contribution in [1.29, 1.82) is 0 Å². The number of halogens is 6. The normalized spacial score (nSPS) is 20.4. The lowest BCUT2D eigenvalue weighted by molar-refractivity contribution is -0.193. The number of hydrogen-bond donors (Lipinski definition) is 2. The Kier molecular flexibility index (Phi) is 11.2. The van der Waals surface area contributed by atoms with E-state index in [-0.39, 0.29) is 17.4 Å². The number of nitrogens with zero attached hydrogens (tertiary/aromatic N) is 3. The lowest BCUT2D eigenvalue weighted by atomic mass is 9.89. The third kappa shape index (κ3) is 9.66. The van der Waals surface area contributed by atoms with Crippen LogP contribution < -0.4 is 4.74 Å². The average Bonchev–Trinajstić information content (AvgIpc) is 3.28. The number of hydrogen-bond acceptors (Lipinski definition) is 7. The molecule has 1 amide bonds. The van der Waals surface area contributed by atoms with E-state index in [1.807, 2.05) is 17.0 Å². The molecule has 2 fully saturated rings. The Hall–Kier alpha value is -3.95. The Balaban J connectivity index is 0.000000333. The van der Waals surface area contributed by atoms with Gasteiger partial charge in [-0.3, -0.25) is 14.8 Å². The maximum Gasteiger partial charge on any atom is 0.490 e. The Bertz CT molecular complexity index is 1100. The van der Waals surface area contributed by atoms with Gasteiger partial charge < -0.3 is 24.6 Å². The zero-order valence-corrected chi connectivity index (χ0v) is 20.7. The van der Waals surface area contributed by atoms with Crippen LogP contribution in [-0.2, 0) is 14.3 Å². The van der Waals surface area contributed by atoms with Gasteiger partial charge in [0.2, 0.25) is 0 Å². The molecule has 4 rings (SSSR count). The fourth-order valence-electron chi connectivity index (χ4n) is 4.03. The zero-order chi connectivity index (χ0) is 30.0. The lowest BCUT2D eigenvalue weighted by Gasteiger charge is -2.44. The summed E-state index contributed by atoms with van der Waals surface area (Å²) in [4.78, 5) is 40.6. The second-order valence-electron chi connectivity index (χ2n) is 8.57. The monoisotopic (exact) mass is 581 g/mol. The van der Waals surface area contributed by atoms with E-state index >= 15 is 0 Å². The van der Waals surface area contributed by atoms with Crippen LogP contribution in [-0.4, -0.2) is 87.2 Å². The molecule has 1 aliphatic heterocycles. The molecule has 220 valence electrons. The number of amides is 1. The van der Waals surface area contributed by atoms with Gasteiger partial charge in [0, 0.05) is 36.6 Å². The number of aliphatic carboxylic acids is 2. The number of carbonyl (C=O) groups excluding carboxylic acids is 1. The molecule has 1 saturated carbocycles. The summed E-state index contributed by atoms with van der Waals surface area (Å²) in [5, 5.41) is 14.2. The van der Waals surface area contributed by atoms with Crippen LogP contribution in [0.1, 0.15) is 29.6 Å². The van der Waals surface area contributed by atoms with Gasteiger partial charge in [-0.1, -0.05) is 0 Å². The van der Waals surface area contributed by atoms with Gasteiger partial charge in [0.15, 0.2) is 0 Å². The van der Waals surface area contributed by atoms with Gasteiger partial charge >= 0.3 is 24.3 Å². The molecule has 1 saturated heterocycles.